The normalized spacial score (nSPS) is 18.6. The van der Waals surface area contributed by atoms with E-state index in [1.165, 1.54) is 11.3 Å². The molecule has 1 aromatic carbocycles. The minimum absolute atomic E-state index is 0.104. The van der Waals surface area contributed by atoms with Crippen molar-refractivity contribution in [1.29, 1.82) is 0 Å². The van der Waals surface area contributed by atoms with Crippen LogP contribution in [0.2, 0.25) is 0 Å². The minimum atomic E-state index is -0.343. The largest absolute Gasteiger partial charge is 0.397 e. The average Bonchev–Trinajstić information content (AvgIpc) is 3.04. The first-order valence-electron chi connectivity index (χ1n) is 6.43. The van der Waals surface area contributed by atoms with Crippen molar-refractivity contribution in [2.45, 2.75) is 6.42 Å². The number of nitrogens with two attached hydrogens (primary N) is 2. The number of anilines is 1. The molecule has 2 aromatic rings. The highest BCUT2D eigenvalue weighted by Gasteiger charge is 2.31. The summed E-state index contributed by atoms with van der Waals surface area (Å²) in [5, 5.41) is 0.909. The van der Waals surface area contributed by atoms with Gasteiger partial charge in [-0.1, -0.05) is 18.2 Å². The van der Waals surface area contributed by atoms with Crippen molar-refractivity contribution >= 4 is 38.9 Å². The summed E-state index contributed by atoms with van der Waals surface area (Å²) in [6.07, 6.45) is 0.631. The summed E-state index contributed by atoms with van der Waals surface area (Å²) in [5.41, 5.74) is 11.9. The molecule has 104 valence electrons. The van der Waals surface area contributed by atoms with Crippen molar-refractivity contribution in [3.8, 4) is 0 Å². The lowest BCUT2D eigenvalue weighted by molar-refractivity contribution is -0.121. The molecular weight excluding hydrogens is 274 g/mol. The first kappa shape index (κ1) is 12.9. The fourth-order valence-corrected chi connectivity index (χ4v) is 3.64. The van der Waals surface area contributed by atoms with Crippen molar-refractivity contribution in [2.24, 2.45) is 11.7 Å². The first-order chi connectivity index (χ1) is 9.58. The third kappa shape index (κ3) is 2.02. The fourth-order valence-electron chi connectivity index (χ4n) is 2.54. The second-order valence-corrected chi connectivity index (χ2v) is 6.03. The number of thiophene rings is 1. The molecule has 2 amide bonds. The van der Waals surface area contributed by atoms with Crippen LogP contribution in [0.15, 0.2) is 24.3 Å². The van der Waals surface area contributed by atoms with Gasteiger partial charge in [-0.2, -0.15) is 0 Å². The van der Waals surface area contributed by atoms with E-state index in [0.717, 1.165) is 10.1 Å². The smallest absolute Gasteiger partial charge is 0.266 e. The number of hydrogen-bond donors (Lipinski definition) is 2. The maximum absolute atomic E-state index is 12.5. The molecule has 0 spiro atoms. The van der Waals surface area contributed by atoms with E-state index in [1.807, 2.05) is 24.3 Å². The van der Waals surface area contributed by atoms with Gasteiger partial charge in [0.2, 0.25) is 5.91 Å². The van der Waals surface area contributed by atoms with Gasteiger partial charge in [0, 0.05) is 23.2 Å². The van der Waals surface area contributed by atoms with E-state index in [0.29, 0.717) is 30.1 Å². The van der Waals surface area contributed by atoms with E-state index in [2.05, 4.69) is 0 Å². The summed E-state index contributed by atoms with van der Waals surface area (Å²) < 4.78 is 0.999. The SMILES string of the molecule is NC(=O)C1CCN(C(=O)c2sc3ccccc3c2N)C1. The van der Waals surface area contributed by atoms with Gasteiger partial charge in [-0.25, -0.2) is 0 Å². The lowest BCUT2D eigenvalue weighted by Crippen LogP contribution is -2.31. The molecule has 1 aromatic heterocycles. The van der Waals surface area contributed by atoms with Crippen LogP contribution in [0, 0.1) is 5.92 Å². The van der Waals surface area contributed by atoms with E-state index in [-0.39, 0.29) is 17.7 Å². The maximum atomic E-state index is 12.5. The van der Waals surface area contributed by atoms with E-state index in [4.69, 9.17) is 11.5 Å². The monoisotopic (exact) mass is 289 g/mol. The number of rotatable bonds is 2. The molecule has 3 rings (SSSR count). The Morgan fingerprint density at radius 1 is 1.30 bits per heavy atom. The predicted octanol–water partition coefficient (Wildman–Crippen LogP) is 1.43. The van der Waals surface area contributed by atoms with E-state index in [9.17, 15) is 9.59 Å². The molecule has 4 N–H and O–H groups in total. The molecule has 20 heavy (non-hydrogen) atoms. The zero-order valence-electron chi connectivity index (χ0n) is 10.8. The van der Waals surface area contributed by atoms with Crippen LogP contribution in [0.1, 0.15) is 16.1 Å². The first-order valence-corrected chi connectivity index (χ1v) is 7.25. The predicted molar refractivity (Wildman–Crippen MR) is 79.4 cm³/mol. The number of fused-ring (bicyclic) bond motifs is 1. The number of nitrogen functional groups attached to an aromatic ring is 1. The summed E-state index contributed by atoms with van der Waals surface area (Å²) in [6, 6.07) is 7.68. The maximum Gasteiger partial charge on any atom is 0.266 e. The number of nitrogens with zero attached hydrogens (tertiary/aromatic N) is 1. The van der Waals surface area contributed by atoms with Crippen LogP contribution in [0.25, 0.3) is 10.1 Å². The molecule has 1 atom stereocenters. The van der Waals surface area contributed by atoms with Crippen LogP contribution in [0.3, 0.4) is 0 Å². The van der Waals surface area contributed by atoms with Gasteiger partial charge in [0.15, 0.2) is 0 Å². The zero-order valence-corrected chi connectivity index (χ0v) is 11.7. The van der Waals surface area contributed by atoms with Gasteiger partial charge in [-0.15, -0.1) is 11.3 Å². The highest BCUT2D eigenvalue weighted by Crippen LogP contribution is 2.35. The van der Waals surface area contributed by atoms with Crippen LogP contribution in [0.4, 0.5) is 5.69 Å². The van der Waals surface area contributed by atoms with Crippen LogP contribution in [-0.2, 0) is 4.79 Å². The van der Waals surface area contributed by atoms with E-state index >= 15 is 0 Å². The van der Waals surface area contributed by atoms with Crippen molar-refractivity contribution < 1.29 is 9.59 Å². The number of hydrogen-bond acceptors (Lipinski definition) is 4. The number of carbonyl (C=O) groups is 2. The van der Waals surface area contributed by atoms with E-state index < -0.39 is 0 Å². The quantitative estimate of drug-likeness (QED) is 0.876. The van der Waals surface area contributed by atoms with Crippen LogP contribution in [0.5, 0.6) is 0 Å². The van der Waals surface area contributed by atoms with Gasteiger partial charge < -0.3 is 16.4 Å². The van der Waals surface area contributed by atoms with Gasteiger partial charge in [0.25, 0.3) is 5.91 Å². The third-order valence-corrected chi connectivity index (χ3v) is 4.88. The molecular formula is C14H15N3O2S. The highest BCUT2D eigenvalue weighted by molar-refractivity contribution is 7.21. The van der Waals surface area contributed by atoms with Gasteiger partial charge in [0.1, 0.15) is 4.88 Å². The molecule has 1 fully saturated rings. The van der Waals surface area contributed by atoms with Crippen LogP contribution in [-0.4, -0.2) is 29.8 Å². The molecule has 0 saturated carbocycles. The Morgan fingerprint density at radius 2 is 2.05 bits per heavy atom. The Bertz CT molecular complexity index is 695. The van der Waals surface area contributed by atoms with Crippen molar-refractivity contribution in [1.82, 2.24) is 4.90 Å². The zero-order chi connectivity index (χ0) is 14.3. The lowest BCUT2D eigenvalue weighted by atomic mass is 10.1. The Morgan fingerprint density at radius 3 is 2.70 bits per heavy atom. The summed E-state index contributed by atoms with van der Waals surface area (Å²) in [7, 11) is 0. The molecule has 1 saturated heterocycles. The van der Waals surface area contributed by atoms with Crippen LogP contribution >= 0.6 is 11.3 Å². The standard InChI is InChI=1S/C14H15N3O2S/c15-11-9-3-1-2-4-10(9)20-12(11)14(19)17-6-5-8(7-17)13(16)18/h1-4,8H,5-7,15H2,(H2,16,18). The lowest BCUT2D eigenvalue weighted by Gasteiger charge is -2.15. The topological polar surface area (TPSA) is 89.4 Å². The average molecular weight is 289 g/mol. The highest BCUT2D eigenvalue weighted by atomic mass is 32.1. The minimum Gasteiger partial charge on any atom is -0.397 e. The second kappa shape index (κ2) is 4.79. The molecule has 2 heterocycles. The number of likely N-dealkylation sites (tertiary alicyclic amines) is 1. The molecule has 0 bridgehead atoms. The Balaban J connectivity index is 1.90. The van der Waals surface area contributed by atoms with Gasteiger partial charge in [0.05, 0.1) is 11.6 Å². The summed E-state index contributed by atoms with van der Waals surface area (Å²) in [4.78, 5) is 25.9. The van der Waals surface area contributed by atoms with Gasteiger partial charge in [-0.3, -0.25) is 9.59 Å². The van der Waals surface area contributed by atoms with Crippen molar-refractivity contribution in [2.75, 3.05) is 18.8 Å². The summed E-state index contributed by atoms with van der Waals surface area (Å²) in [5.74, 6) is -0.688. The third-order valence-electron chi connectivity index (χ3n) is 3.71. The number of benzene rings is 1. The summed E-state index contributed by atoms with van der Waals surface area (Å²) >= 11 is 1.40. The van der Waals surface area contributed by atoms with Gasteiger partial charge >= 0.3 is 0 Å². The number of primary amides is 1. The second-order valence-electron chi connectivity index (χ2n) is 4.98. The van der Waals surface area contributed by atoms with Crippen molar-refractivity contribution in [3.05, 3.63) is 29.1 Å². The Labute approximate surface area is 120 Å². The summed E-state index contributed by atoms with van der Waals surface area (Å²) in [6.45, 7) is 0.946. The molecule has 1 aliphatic rings. The fraction of sp³-hybridized carbons (Fsp3) is 0.286. The molecule has 5 nitrogen and oxygen atoms in total. The Kier molecular flexibility index (Phi) is 3.10. The molecule has 1 aliphatic heterocycles. The molecule has 0 radical (unpaired) electrons. The van der Waals surface area contributed by atoms with Gasteiger partial charge in [-0.05, 0) is 12.5 Å². The number of carbonyl (C=O) groups excluding carboxylic acids is 2. The molecule has 1 unspecified atom stereocenters. The van der Waals surface area contributed by atoms with E-state index in [1.54, 1.807) is 4.90 Å². The number of amides is 2. The van der Waals surface area contributed by atoms with Crippen LogP contribution < -0.4 is 11.5 Å². The molecule has 0 aliphatic carbocycles. The Hall–Kier alpha value is -2.08. The van der Waals surface area contributed by atoms with Crippen molar-refractivity contribution in [3.63, 3.8) is 0 Å². The molecule has 6 heteroatoms.